The number of imide groups is 1. The fourth-order valence-corrected chi connectivity index (χ4v) is 2.21. The van der Waals surface area contributed by atoms with Crippen LogP contribution in [0, 0.1) is 12.8 Å². The zero-order valence-electron chi connectivity index (χ0n) is 10.6. The number of amides is 2. The van der Waals surface area contributed by atoms with Gasteiger partial charge in [-0.2, -0.15) is 0 Å². The van der Waals surface area contributed by atoms with E-state index in [-0.39, 0.29) is 6.42 Å². The van der Waals surface area contributed by atoms with E-state index >= 15 is 0 Å². The summed E-state index contributed by atoms with van der Waals surface area (Å²) in [4.78, 5) is 34.8. The van der Waals surface area contributed by atoms with Crippen LogP contribution in [-0.2, 0) is 20.8 Å². The standard InChI is InChI=1S/C14H15NO4/c1-9-2-4-10(5-3-9)6-11-7-12(16)15(14(11)19)8-13(17)18/h2-5,11H,6-8H2,1H3,(H,17,18)/p-1. The van der Waals surface area contributed by atoms with Crippen molar-refractivity contribution in [3.8, 4) is 0 Å². The highest BCUT2D eigenvalue weighted by atomic mass is 16.4. The molecule has 1 heterocycles. The molecule has 0 saturated carbocycles. The van der Waals surface area contributed by atoms with E-state index in [4.69, 9.17) is 0 Å². The molecule has 0 aromatic heterocycles. The number of carboxylic acid groups (broad SMARTS) is 1. The van der Waals surface area contributed by atoms with Crippen LogP contribution in [0.3, 0.4) is 0 Å². The van der Waals surface area contributed by atoms with Gasteiger partial charge >= 0.3 is 0 Å². The number of carbonyl (C=O) groups is 3. The van der Waals surface area contributed by atoms with Crippen molar-refractivity contribution in [2.24, 2.45) is 5.92 Å². The third kappa shape index (κ3) is 2.99. The Morgan fingerprint density at radius 1 is 1.32 bits per heavy atom. The number of hydrogen-bond acceptors (Lipinski definition) is 4. The van der Waals surface area contributed by atoms with Crippen molar-refractivity contribution in [3.05, 3.63) is 35.4 Å². The molecule has 0 bridgehead atoms. The third-order valence-corrected chi connectivity index (χ3v) is 3.23. The predicted molar refractivity (Wildman–Crippen MR) is 64.7 cm³/mol. The van der Waals surface area contributed by atoms with E-state index in [1.807, 2.05) is 31.2 Å². The van der Waals surface area contributed by atoms with Crippen LogP contribution in [0.2, 0.25) is 0 Å². The molecule has 1 atom stereocenters. The third-order valence-electron chi connectivity index (χ3n) is 3.23. The van der Waals surface area contributed by atoms with Gasteiger partial charge < -0.3 is 9.90 Å². The Hall–Kier alpha value is -2.17. The lowest BCUT2D eigenvalue weighted by Crippen LogP contribution is -2.41. The SMILES string of the molecule is Cc1ccc(CC2CC(=O)N(CC(=O)[O-])C2=O)cc1. The fraction of sp³-hybridized carbons (Fsp3) is 0.357. The van der Waals surface area contributed by atoms with E-state index in [9.17, 15) is 19.5 Å². The number of likely N-dealkylation sites (tertiary alicyclic amines) is 1. The van der Waals surface area contributed by atoms with Crippen LogP contribution < -0.4 is 5.11 Å². The number of hydrogen-bond donors (Lipinski definition) is 0. The summed E-state index contributed by atoms with van der Waals surface area (Å²) in [7, 11) is 0. The van der Waals surface area contributed by atoms with E-state index in [0.717, 1.165) is 16.0 Å². The van der Waals surface area contributed by atoms with E-state index in [1.54, 1.807) is 0 Å². The molecular weight excluding hydrogens is 246 g/mol. The minimum atomic E-state index is -1.42. The Labute approximate surface area is 110 Å². The minimum absolute atomic E-state index is 0.0694. The number of carbonyl (C=O) groups excluding carboxylic acids is 3. The van der Waals surface area contributed by atoms with Crippen molar-refractivity contribution in [1.82, 2.24) is 4.90 Å². The zero-order valence-corrected chi connectivity index (χ0v) is 10.6. The first-order valence-electron chi connectivity index (χ1n) is 6.07. The smallest absolute Gasteiger partial charge is 0.233 e. The van der Waals surface area contributed by atoms with Gasteiger partial charge in [0.25, 0.3) is 0 Å². The molecule has 1 fully saturated rings. The van der Waals surface area contributed by atoms with Gasteiger partial charge in [-0.3, -0.25) is 14.5 Å². The largest absolute Gasteiger partial charge is 0.548 e. The summed E-state index contributed by atoms with van der Waals surface area (Å²) in [6.45, 7) is 1.32. The van der Waals surface area contributed by atoms with Gasteiger partial charge in [0.15, 0.2) is 0 Å². The van der Waals surface area contributed by atoms with Gasteiger partial charge in [0.1, 0.15) is 0 Å². The first-order valence-corrected chi connectivity index (χ1v) is 6.07. The maximum absolute atomic E-state index is 11.9. The lowest BCUT2D eigenvalue weighted by molar-refractivity contribution is -0.305. The van der Waals surface area contributed by atoms with Crippen LogP contribution in [0.25, 0.3) is 0 Å². The van der Waals surface area contributed by atoms with E-state index < -0.39 is 30.2 Å². The summed E-state index contributed by atoms with van der Waals surface area (Å²) in [5.74, 6) is -2.74. The summed E-state index contributed by atoms with van der Waals surface area (Å²) < 4.78 is 0. The summed E-state index contributed by atoms with van der Waals surface area (Å²) in [5, 5.41) is 10.5. The van der Waals surface area contributed by atoms with Crippen LogP contribution in [-0.4, -0.2) is 29.2 Å². The topological polar surface area (TPSA) is 77.5 Å². The van der Waals surface area contributed by atoms with Gasteiger partial charge in [-0.1, -0.05) is 29.8 Å². The van der Waals surface area contributed by atoms with Crippen molar-refractivity contribution in [2.75, 3.05) is 6.54 Å². The summed E-state index contributed by atoms with van der Waals surface area (Å²) in [6, 6.07) is 7.70. The molecule has 1 aromatic carbocycles. The highest BCUT2D eigenvalue weighted by Gasteiger charge is 2.38. The van der Waals surface area contributed by atoms with Gasteiger partial charge in [-0.25, -0.2) is 0 Å². The van der Waals surface area contributed by atoms with Gasteiger partial charge in [-0.05, 0) is 18.9 Å². The van der Waals surface area contributed by atoms with Crippen LogP contribution in [0.15, 0.2) is 24.3 Å². The van der Waals surface area contributed by atoms with Gasteiger partial charge in [-0.15, -0.1) is 0 Å². The highest BCUT2D eigenvalue weighted by molar-refractivity contribution is 6.05. The van der Waals surface area contributed by atoms with E-state index in [2.05, 4.69) is 0 Å². The lowest BCUT2D eigenvalue weighted by Gasteiger charge is -2.15. The molecule has 0 spiro atoms. The number of aryl methyl sites for hydroxylation is 1. The molecular formula is C14H14NO4-. The zero-order chi connectivity index (χ0) is 14.0. The van der Waals surface area contributed by atoms with Gasteiger partial charge in [0, 0.05) is 6.42 Å². The average Bonchev–Trinajstić information content (AvgIpc) is 2.60. The quantitative estimate of drug-likeness (QED) is 0.694. The van der Waals surface area contributed by atoms with Crippen molar-refractivity contribution < 1.29 is 19.5 Å². The Morgan fingerprint density at radius 2 is 1.95 bits per heavy atom. The molecule has 100 valence electrons. The molecule has 0 N–H and O–H groups in total. The van der Waals surface area contributed by atoms with Crippen LogP contribution in [0.4, 0.5) is 0 Å². The maximum Gasteiger partial charge on any atom is 0.233 e. The summed E-state index contributed by atoms with van der Waals surface area (Å²) in [5.41, 5.74) is 2.09. The summed E-state index contributed by atoms with van der Waals surface area (Å²) in [6.07, 6.45) is 0.522. The molecule has 0 aliphatic carbocycles. The maximum atomic E-state index is 11.9. The monoisotopic (exact) mass is 260 g/mol. The number of nitrogens with zero attached hydrogens (tertiary/aromatic N) is 1. The molecule has 1 aliphatic rings. The molecule has 19 heavy (non-hydrogen) atoms. The molecule has 1 aromatic rings. The minimum Gasteiger partial charge on any atom is -0.548 e. The normalized spacial score (nSPS) is 19.0. The van der Waals surface area contributed by atoms with Crippen molar-refractivity contribution >= 4 is 17.8 Å². The lowest BCUT2D eigenvalue weighted by atomic mass is 9.97. The first-order chi connectivity index (χ1) is 8.97. The van der Waals surface area contributed by atoms with Crippen molar-refractivity contribution in [2.45, 2.75) is 19.8 Å². The van der Waals surface area contributed by atoms with E-state index in [1.165, 1.54) is 0 Å². The number of benzene rings is 1. The molecule has 0 radical (unpaired) electrons. The van der Waals surface area contributed by atoms with Gasteiger partial charge in [0.05, 0.1) is 18.4 Å². The highest BCUT2D eigenvalue weighted by Crippen LogP contribution is 2.23. The molecule has 1 aliphatic heterocycles. The fourth-order valence-electron chi connectivity index (χ4n) is 2.21. The van der Waals surface area contributed by atoms with Crippen molar-refractivity contribution in [1.29, 1.82) is 0 Å². The molecule has 1 unspecified atom stereocenters. The van der Waals surface area contributed by atoms with Crippen molar-refractivity contribution in [3.63, 3.8) is 0 Å². The van der Waals surface area contributed by atoms with Crippen LogP contribution >= 0.6 is 0 Å². The summed E-state index contributed by atoms with van der Waals surface area (Å²) >= 11 is 0. The Morgan fingerprint density at radius 3 is 2.53 bits per heavy atom. The number of carboxylic acids is 1. The van der Waals surface area contributed by atoms with Crippen LogP contribution in [0.1, 0.15) is 17.5 Å². The van der Waals surface area contributed by atoms with E-state index in [0.29, 0.717) is 6.42 Å². The Balaban J connectivity index is 2.06. The van der Waals surface area contributed by atoms with Crippen LogP contribution in [0.5, 0.6) is 0 Å². The second-order valence-corrected chi connectivity index (χ2v) is 4.78. The molecule has 2 rings (SSSR count). The predicted octanol–water partition coefficient (Wildman–Crippen LogP) is -0.337. The number of aliphatic carboxylic acids is 1. The Kier molecular flexibility index (Phi) is 3.64. The Bertz CT molecular complexity index is 521. The van der Waals surface area contributed by atoms with Gasteiger partial charge in [0.2, 0.25) is 11.8 Å². The second kappa shape index (κ2) is 5.22. The first kappa shape index (κ1) is 13.3. The second-order valence-electron chi connectivity index (χ2n) is 4.78. The molecule has 2 amide bonds. The number of rotatable bonds is 4. The average molecular weight is 260 g/mol. The molecule has 5 nitrogen and oxygen atoms in total. The molecule has 1 saturated heterocycles. The molecule has 5 heteroatoms.